The molecule has 0 aliphatic rings. The summed E-state index contributed by atoms with van der Waals surface area (Å²) in [5.74, 6) is 0.727. The molecule has 2 rings (SSSR count). The molecule has 1 aromatic carbocycles. The smallest absolute Gasteiger partial charge is 0.128 e. The molecule has 0 bridgehead atoms. The fraction of sp³-hybridized carbons (Fsp3) is 0.529. The SMILES string of the molecule is CCc1snnc1-c1ccccc1OCC(O)CNC(C)(C)C. The number of hydrogen-bond donors (Lipinski definition) is 2. The van der Waals surface area contributed by atoms with Gasteiger partial charge in [0.25, 0.3) is 0 Å². The molecule has 1 atom stereocenters. The molecular weight excluding hydrogens is 310 g/mol. The number of para-hydroxylation sites is 1. The molecule has 0 saturated heterocycles. The minimum atomic E-state index is -0.568. The molecule has 0 saturated carbocycles. The van der Waals surface area contributed by atoms with E-state index in [-0.39, 0.29) is 12.1 Å². The topological polar surface area (TPSA) is 67.3 Å². The van der Waals surface area contributed by atoms with E-state index >= 15 is 0 Å². The molecule has 0 aliphatic heterocycles. The molecule has 1 aromatic heterocycles. The fourth-order valence-corrected chi connectivity index (χ4v) is 2.69. The molecule has 5 nitrogen and oxygen atoms in total. The van der Waals surface area contributed by atoms with Gasteiger partial charge in [0.2, 0.25) is 0 Å². The van der Waals surface area contributed by atoms with Crippen LogP contribution in [0.3, 0.4) is 0 Å². The summed E-state index contributed by atoms with van der Waals surface area (Å²) < 4.78 is 9.87. The predicted octanol–water partition coefficient (Wildman–Crippen LogP) is 2.90. The first-order chi connectivity index (χ1) is 10.9. The number of nitrogens with zero attached hydrogens (tertiary/aromatic N) is 2. The minimum absolute atomic E-state index is 0.0266. The van der Waals surface area contributed by atoms with E-state index in [1.54, 1.807) is 0 Å². The minimum Gasteiger partial charge on any atom is -0.490 e. The van der Waals surface area contributed by atoms with E-state index in [1.807, 2.05) is 24.3 Å². The lowest BCUT2D eigenvalue weighted by Gasteiger charge is -2.23. The molecular formula is C17H25N3O2S. The first kappa shape index (κ1) is 17.8. The van der Waals surface area contributed by atoms with Crippen LogP contribution in [0.1, 0.15) is 32.6 Å². The third-order valence-corrected chi connectivity index (χ3v) is 4.18. The van der Waals surface area contributed by atoms with Gasteiger partial charge in [0.1, 0.15) is 24.2 Å². The Bertz CT molecular complexity index is 622. The van der Waals surface area contributed by atoms with Gasteiger partial charge in [-0.05, 0) is 50.9 Å². The number of aliphatic hydroxyl groups is 1. The van der Waals surface area contributed by atoms with E-state index in [1.165, 1.54) is 11.5 Å². The van der Waals surface area contributed by atoms with Gasteiger partial charge >= 0.3 is 0 Å². The Morgan fingerprint density at radius 1 is 1.30 bits per heavy atom. The normalized spacial score (nSPS) is 13.1. The Kier molecular flexibility index (Phi) is 6.10. The summed E-state index contributed by atoms with van der Waals surface area (Å²) in [4.78, 5) is 1.14. The van der Waals surface area contributed by atoms with Crippen LogP contribution in [0.25, 0.3) is 11.3 Å². The van der Waals surface area contributed by atoms with Crippen molar-refractivity contribution in [1.82, 2.24) is 14.9 Å². The summed E-state index contributed by atoms with van der Waals surface area (Å²) in [6.45, 7) is 9.01. The lowest BCUT2D eigenvalue weighted by Crippen LogP contribution is -2.42. The molecule has 0 spiro atoms. The maximum atomic E-state index is 10.1. The number of rotatable bonds is 7. The zero-order valence-electron chi connectivity index (χ0n) is 14.2. The van der Waals surface area contributed by atoms with Gasteiger partial charge in [-0.1, -0.05) is 23.5 Å². The zero-order valence-corrected chi connectivity index (χ0v) is 15.0. The molecule has 0 amide bonds. The Hall–Kier alpha value is -1.50. The van der Waals surface area contributed by atoms with Crippen LogP contribution in [0, 0.1) is 0 Å². The van der Waals surface area contributed by atoms with Crippen molar-refractivity contribution in [2.45, 2.75) is 45.8 Å². The average molecular weight is 335 g/mol. The molecule has 6 heteroatoms. The van der Waals surface area contributed by atoms with Crippen molar-refractivity contribution in [3.8, 4) is 17.0 Å². The van der Waals surface area contributed by atoms with Crippen molar-refractivity contribution in [3.63, 3.8) is 0 Å². The van der Waals surface area contributed by atoms with Crippen LogP contribution in [-0.4, -0.2) is 39.5 Å². The van der Waals surface area contributed by atoms with Gasteiger partial charge in [0.05, 0.1) is 4.88 Å². The van der Waals surface area contributed by atoms with Crippen LogP contribution in [0.15, 0.2) is 24.3 Å². The predicted molar refractivity (Wildman–Crippen MR) is 94.0 cm³/mol. The summed E-state index contributed by atoms with van der Waals surface area (Å²) in [6.07, 6.45) is 0.320. The van der Waals surface area contributed by atoms with Gasteiger partial charge in [-0.15, -0.1) is 5.10 Å². The number of β-amino-alcohol motifs (C(OH)–C–C–N with tert-alkyl or cyclic N) is 1. The second-order valence-electron chi connectivity index (χ2n) is 6.49. The highest BCUT2D eigenvalue weighted by Crippen LogP contribution is 2.32. The van der Waals surface area contributed by atoms with Gasteiger partial charge in [0.15, 0.2) is 0 Å². The second-order valence-corrected chi connectivity index (χ2v) is 7.33. The van der Waals surface area contributed by atoms with Crippen LogP contribution in [0.4, 0.5) is 0 Å². The molecule has 2 aromatic rings. The quantitative estimate of drug-likeness (QED) is 0.814. The fourth-order valence-electron chi connectivity index (χ4n) is 2.10. The Balaban J connectivity index is 2.04. The van der Waals surface area contributed by atoms with Gasteiger partial charge in [-0.2, -0.15) is 0 Å². The highest BCUT2D eigenvalue weighted by atomic mass is 32.1. The van der Waals surface area contributed by atoms with Crippen LogP contribution < -0.4 is 10.1 Å². The Morgan fingerprint density at radius 3 is 2.74 bits per heavy atom. The lowest BCUT2D eigenvalue weighted by atomic mass is 10.1. The first-order valence-electron chi connectivity index (χ1n) is 7.87. The van der Waals surface area contributed by atoms with Gasteiger partial charge < -0.3 is 15.2 Å². The summed E-state index contributed by atoms with van der Waals surface area (Å²) in [7, 11) is 0. The molecule has 0 aliphatic carbocycles. The first-order valence-corrected chi connectivity index (χ1v) is 8.64. The number of ether oxygens (including phenoxy) is 1. The van der Waals surface area contributed by atoms with E-state index in [9.17, 15) is 5.11 Å². The van der Waals surface area contributed by atoms with Crippen LogP contribution in [-0.2, 0) is 6.42 Å². The molecule has 23 heavy (non-hydrogen) atoms. The van der Waals surface area contributed by atoms with Crippen molar-refractivity contribution >= 4 is 11.5 Å². The number of aryl methyl sites for hydroxylation is 1. The van der Waals surface area contributed by atoms with E-state index in [0.717, 1.165) is 28.3 Å². The third kappa shape index (κ3) is 5.27. The monoisotopic (exact) mass is 335 g/mol. The van der Waals surface area contributed by atoms with Crippen LogP contribution in [0.5, 0.6) is 5.75 Å². The average Bonchev–Trinajstić information content (AvgIpc) is 2.99. The van der Waals surface area contributed by atoms with Crippen LogP contribution >= 0.6 is 11.5 Å². The summed E-state index contributed by atoms with van der Waals surface area (Å²) in [6, 6.07) is 7.76. The molecule has 1 heterocycles. The Morgan fingerprint density at radius 2 is 2.04 bits per heavy atom. The molecule has 0 fully saturated rings. The lowest BCUT2D eigenvalue weighted by molar-refractivity contribution is 0.100. The maximum absolute atomic E-state index is 10.1. The number of aromatic nitrogens is 2. The van der Waals surface area contributed by atoms with Gasteiger partial charge in [0, 0.05) is 17.6 Å². The van der Waals surface area contributed by atoms with E-state index < -0.39 is 6.10 Å². The maximum Gasteiger partial charge on any atom is 0.128 e. The molecule has 2 N–H and O–H groups in total. The van der Waals surface area contributed by atoms with E-state index in [4.69, 9.17) is 4.74 Å². The van der Waals surface area contributed by atoms with E-state index in [0.29, 0.717) is 6.54 Å². The van der Waals surface area contributed by atoms with Crippen LogP contribution in [0.2, 0.25) is 0 Å². The number of aliphatic hydroxyl groups excluding tert-OH is 1. The van der Waals surface area contributed by atoms with Crippen molar-refractivity contribution < 1.29 is 9.84 Å². The van der Waals surface area contributed by atoms with E-state index in [2.05, 4.69) is 42.6 Å². The summed E-state index contributed by atoms with van der Waals surface area (Å²) in [5, 5.41) is 17.6. The second kappa shape index (κ2) is 7.86. The van der Waals surface area contributed by atoms with Crippen molar-refractivity contribution in [2.24, 2.45) is 0 Å². The number of nitrogens with one attached hydrogen (secondary N) is 1. The Labute approximate surface area is 141 Å². The largest absolute Gasteiger partial charge is 0.490 e. The number of benzene rings is 1. The molecule has 0 radical (unpaired) electrons. The summed E-state index contributed by atoms with van der Waals surface area (Å²) >= 11 is 1.41. The highest BCUT2D eigenvalue weighted by Gasteiger charge is 2.16. The van der Waals surface area contributed by atoms with Crippen molar-refractivity contribution in [2.75, 3.05) is 13.2 Å². The third-order valence-electron chi connectivity index (χ3n) is 3.32. The van der Waals surface area contributed by atoms with Crippen molar-refractivity contribution in [3.05, 3.63) is 29.1 Å². The van der Waals surface area contributed by atoms with Gasteiger partial charge in [-0.3, -0.25) is 0 Å². The molecule has 126 valence electrons. The van der Waals surface area contributed by atoms with Gasteiger partial charge in [-0.25, -0.2) is 0 Å². The standard InChI is InChI=1S/C17H25N3O2S/c1-5-15-16(19-20-23-15)13-8-6-7-9-14(13)22-11-12(21)10-18-17(2,3)4/h6-9,12,18,21H,5,10-11H2,1-4H3. The number of hydrogen-bond acceptors (Lipinski definition) is 6. The summed E-state index contributed by atoms with van der Waals surface area (Å²) in [5.41, 5.74) is 1.77. The molecule has 1 unspecified atom stereocenters. The van der Waals surface area contributed by atoms with Crippen molar-refractivity contribution in [1.29, 1.82) is 0 Å². The highest BCUT2D eigenvalue weighted by molar-refractivity contribution is 7.05. The zero-order chi connectivity index (χ0) is 16.9.